The van der Waals surface area contributed by atoms with E-state index >= 15 is 0 Å². The molecule has 0 aromatic heterocycles. The van der Waals surface area contributed by atoms with Crippen molar-refractivity contribution >= 4 is 0 Å². The van der Waals surface area contributed by atoms with Crippen LogP contribution in [-0.4, -0.2) is 55.1 Å². The molecule has 0 spiro atoms. The van der Waals surface area contributed by atoms with E-state index in [1.54, 1.807) is 0 Å². The molecule has 1 aliphatic heterocycles. The molecule has 19 heavy (non-hydrogen) atoms. The Labute approximate surface area is 119 Å². The van der Waals surface area contributed by atoms with Gasteiger partial charge in [0, 0.05) is 32.2 Å². The largest absolute Gasteiger partial charge is 0.330 e. The molecule has 0 bridgehead atoms. The van der Waals surface area contributed by atoms with Crippen LogP contribution >= 0.6 is 0 Å². The summed E-state index contributed by atoms with van der Waals surface area (Å²) in [6.45, 7) is 9.74. The van der Waals surface area contributed by atoms with Crippen molar-refractivity contribution in [2.45, 2.75) is 57.9 Å². The van der Waals surface area contributed by atoms with Gasteiger partial charge >= 0.3 is 0 Å². The topological polar surface area (TPSA) is 32.5 Å². The lowest BCUT2D eigenvalue weighted by molar-refractivity contribution is 0.0683. The predicted octanol–water partition coefficient (Wildman–Crippen LogP) is 2.31. The monoisotopic (exact) mass is 267 g/mol. The molecule has 1 heterocycles. The molecule has 2 N–H and O–H groups in total. The number of unbranched alkanes of at least 4 members (excludes halogenated alkanes) is 2. The minimum Gasteiger partial charge on any atom is -0.330 e. The maximum absolute atomic E-state index is 5.54. The third-order valence-electron chi connectivity index (χ3n) is 5.01. The van der Waals surface area contributed by atoms with Gasteiger partial charge in [0.25, 0.3) is 0 Å². The Morgan fingerprint density at radius 2 is 1.79 bits per heavy atom. The highest BCUT2D eigenvalue weighted by atomic mass is 15.3. The summed E-state index contributed by atoms with van der Waals surface area (Å²) in [5, 5.41) is 0. The van der Waals surface area contributed by atoms with E-state index < -0.39 is 0 Å². The van der Waals surface area contributed by atoms with Crippen LogP contribution in [0.3, 0.4) is 0 Å². The molecule has 0 aromatic rings. The molecule has 1 saturated heterocycles. The number of piperazine rings is 1. The first-order valence-corrected chi connectivity index (χ1v) is 8.46. The number of rotatable bonds is 6. The third-order valence-corrected chi connectivity index (χ3v) is 5.01. The second-order valence-electron chi connectivity index (χ2n) is 6.65. The van der Waals surface area contributed by atoms with Gasteiger partial charge in [0.15, 0.2) is 0 Å². The molecule has 0 amide bonds. The van der Waals surface area contributed by atoms with Crippen molar-refractivity contribution in [3.05, 3.63) is 0 Å². The lowest BCUT2D eigenvalue weighted by Gasteiger charge is -2.42. The SMILES string of the molecule is CC1CCCC(N2CCN(CCCCCN)CC2)C1. The molecule has 3 heteroatoms. The number of nitrogens with zero attached hydrogens (tertiary/aromatic N) is 2. The average molecular weight is 267 g/mol. The minimum atomic E-state index is 0.855. The summed E-state index contributed by atoms with van der Waals surface area (Å²) in [5.41, 5.74) is 5.54. The summed E-state index contributed by atoms with van der Waals surface area (Å²) in [4.78, 5) is 5.42. The van der Waals surface area contributed by atoms with Crippen LogP contribution in [0.15, 0.2) is 0 Å². The van der Waals surface area contributed by atoms with Gasteiger partial charge in [0.1, 0.15) is 0 Å². The van der Waals surface area contributed by atoms with Crippen molar-refractivity contribution in [3.8, 4) is 0 Å². The van der Waals surface area contributed by atoms with Gasteiger partial charge in [-0.15, -0.1) is 0 Å². The zero-order valence-electron chi connectivity index (χ0n) is 12.8. The van der Waals surface area contributed by atoms with Gasteiger partial charge in [-0.3, -0.25) is 4.90 Å². The molecule has 0 radical (unpaired) electrons. The number of hydrogen-bond donors (Lipinski definition) is 1. The van der Waals surface area contributed by atoms with Crippen LogP contribution in [0, 0.1) is 5.92 Å². The van der Waals surface area contributed by atoms with Gasteiger partial charge < -0.3 is 10.6 Å². The summed E-state index contributed by atoms with van der Waals surface area (Å²) in [6, 6.07) is 0.892. The first-order chi connectivity index (χ1) is 9.29. The van der Waals surface area contributed by atoms with Crippen LogP contribution in [-0.2, 0) is 0 Å². The van der Waals surface area contributed by atoms with E-state index in [2.05, 4.69) is 16.7 Å². The fourth-order valence-electron chi connectivity index (χ4n) is 3.74. The Bertz CT molecular complexity index is 236. The molecule has 112 valence electrons. The highest BCUT2D eigenvalue weighted by Gasteiger charge is 2.27. The Morgan fingerprint density at radius 3 is 2.47 bits per heavy atom. The zero-order chi connectivity index (χ0) is 13.5. The van der Waals surface area contributed by atoms with Crippen molar-refractivity contribution in [3.63, 3.8) is 0 Å². The molecule has 1 aliphatic carbocycles. The Balaban J connectivity index is 1.62. The van der Waals surface area contributed by atoms with E-state index in [0.717, 1.165) is 18.5 Å². The van der Waals surface area contributed by atoms with Crippen molar-refractivity contribution in [1.82, 2.24) is 9.80 Å². The lowest BCUT2D eigenvalue weighted by atomic mass is 9.86. The van der Waals surface area contributed by atoms with E-state index in [9.17, 15) is 0 Å². The molecule has 2 rings (SSSR count). The summed E-state index contributed by atoms with van der Waals surface area (Å²) >= 11 is 0. The second-order valence-corrected chi connectivity index (χ2v) is 6.65. The molecular weight excluding hydrogens is 234 g/mol. The second kappa shape index (κ2) is 8.23. The van der Waals surface area contributed by atoms with Crippen LogP contribution in [0.25, 0.3) is 0 Å². The third kappa shape index (κ3) is 5.05. The first-order valence-electron chi connectivity index (χ1n) is 8.46. The molecule has 3 nitrogen and oxygen atoms in total. The van der Waals surface area contributed by atoms with Crippen molar-refractivity contribution in [2.75, 3.05) is 39.3 Å². The van der Waals surface area contributed by atoms with Gasteiger partial charge in [-0.2, -0.15) is 0 Å². The number of nitrogens with two attached hydrogens (primary N) is 1. The van der Waals surface area contributed by atoms with Gasteiger partial charge in [0.05, 0.1) is 0 Å². The highest BCUT2D eigenvalue weighted by Crippen LogP contribution is 2.27. The first kappa shape index (κ1) is 15.3. The minimum absolute atomic E-state index is 0.855. The molecule has 0 aromatic carbocycles. The van der Waals surface area contributed by atoms with E-state index in [0.29, 0.717) is 0 Å². The number of hydrogen-bond acceptors (Lipinski definition) is 3. The Kier molecular flexibility index (Phi) is 6.62. The van der Waals surface area contributed by atoms with Crippen LogP contribution in [0.1, 0.15) is 51.9 Å². The molecule has 2 unspecified atom stereocenters. The average Bonchev–Trinajstić information content (AvgIpc) is 2.44. The van der Waals surface area contributed by atoms with Crippen molar-refractivity contribution < 1.29 is 0 Å². The normalized spacial score (nSPS) is 30.6. The van der Waals surface area contributed by atoms with Crippen molar-refractivity contribution in [2.24, 2.45) is 11.7 Å². The Hall–Kier alpha value is -0.120. The lowest BCUT2D eigenvalue weighted by Crippen LogP contribution is -2.51. The Morgan fingerprint density at radius 1 is 1.00 bits per heavy atom. The van der Waals surface area contributed by atoms with Crippen LogP contribution in [0.4, 0.5) is 0 Å². The van der Waals surface area contributed by atoms with E-state index in [1.807, 2.05) is 0 Å². The van der Waals surface area contributed by atoms with E-state index in [4.69, 9.17) is 5.73 Å². The van der Waals surface area contributed by atoms with Gasteiger partial charge in [-0.25, -0.2) is 0 Å². The molecule has 2 atom stereocenters. The molecular formula is C16H33N3. The summed E-state index contributed by atoms with van der Waals surface area (Å²) in [7, 11) is 0. The fraction of sp³-hybridized carbons (Fsp3) is 1.00. The summed E-state index contributed by atoms with van der Waals surface area (Å²) in [6.07, 6.45) is 9.62. The zero-order valence-corrected chi connectivity index (χ0v) is 12.8. The van der Waals surface area contributed by atoms with Gasteiger partial charge in [-0.1, -0.05) is 26.2 Å². The molecule has 2 fully saturated rings. The van der Waals surface area contributed by atoms with Crippen molar-refractivity contribution in [1.29, 1.82) is 0 Å². The quantitative estimate of drug-likeness (QED) is 0.750. The van der Waals surface area contributed by atoms with E-state index in [1.165, 1.54) is 77.7 Å². The molecule has 2 aliphatic rings. The molecule has 1 saturated carbocycles. The summed E-state index contributed by atoms with van der Waals surface area (Å²) < 4.78 is 0. The predicted molar refractivity (Wildman–Crippen MR) is 82.3 cm³/mol. The van der Waals surface area contributed by atoms with Gasteiger partial charge in [0.2, 0.25) is 0 Å². The maximum Gasteiger partial charge on any atom is 0.0113 e. The summed E-state index contributed by atoms with van der Waals surface area (Å²) in [5.74, 6) is 0.952. The smallest absolute Gasteiger partial charge is 0.0113 e. The fourth-order valence-corrected chi connectivity index (χ4v) is 3.74. The highest BCUT2D eigenvalue weighted by molar-refractivity contribution is 4.82. The van der Waals surface area contributed by atoms with Crippen LogP contribution in [0.5, 0.6) is 0 Å². The van der Waals surface area contributed by atoms with E-state index in [-0.39, 0.29) is 0 Å². The maximum atomic E-state index is 5.54. The van der Waals surface area contributed by atoms with Crippen LogP contribution < -0.4 is 5.73 Å². The standard InChI is InChI=1S/C16H33N3/c1-15-6-5-7-16(14-15)19-12-10-18(11-13-19)9-4-2-3-8-17/h15-16H,2-14,17H2,1H3. The van der Waals surface area contributed by atoms with Crippen LogP contribution in [0.2, 0.25) is 0 Å². The van der Waals surface area contributed by atoms with Gasteiger partial charge in [-0.05, 0) is 44.7 Å².